The lowest BCUT2D eigenvalue weighted by molar-refractivity contribution is 0.0651. The molecule has 74 valence electrons. The quantitative estimate of drug-likeness (QED) is 0.667. The number of pyridine rings is 1. The first-order valence-corrected chi connectivity index (χ1v) is 4.66. The Hall–Kier alpha value is -1.16. The fourth-order valence-corrected chi connectivity index (χ4v) is 1.45. The van der Waals surface area contributed by atoms with Crippen LogP contribution in [0, 0.1) is 5.82 Å². The maximum absolute atomic E-state index is 12.8. The van der Waals surface area contributed by atoms with E-state index in [0.717, 1.165) is 18.7 Å². The zero-order valence-corrected chi connectivity index (χ0v) is 8.09. The Morgan fingerprint density at radius 3 is 2.86 bits per heavy atom. The van der Waals surface area contributed by atoms with Crippen molar-refractivity contribution < 1.29 is 9.18 Å². The minimum Gasteiger partial charge on any atom is -0.338 e. The first kappa shape index (κ1) is 9.40. The Bertz CT molecular complexity index is 379. The number of amides is 1. The van der Waals surface area contributed by atoms with Crippen molar-refractivity contribution in [1.82, 2.24) is 9.88 Å². The molecule has 1 saturated heterocycles. The highest BCUT2D eigenvalue weighted by atomic mass is 35.5. The van der Waals surface area contributed by atoms with Crippen LogP contribution in [0.15, 0.2) is 12.3 Å². The molecular formula is C9H8ClFN2O. The Kier molecular flexibility index (Phi) is 2.37. The number of rotatable bonds is 1. The molecule has 0 aromatic carbocycles. The Balaban J connectivity index is 2.29. The summed E-state index contributed by atoms with van der Waals surface area (Å²) >= 11 is 5.69. The molecule has 0 radical (unpaired) electrons. The normalized spacial score (nSPS) is 15.1. The van der Waals surface area contributed by atoms with Crippen molar-refractivity contribution in [3.8, 4) is 0 Å². The molecule has 2 rings (SSSR count). The third kappa shape index (κ3) is 1.57. The number of halogens is 2. The first-order chi connectivity index (χ1) is 6.68. The molecule has 0 N–H and O–H groups in total. The van der Waals surface area contributed by atoms with Gasteiger partial charge in [0.1, 0.15) is 11.0 Å². The van der Waals surface area contributed by atoms with E-state index in [1.54, 1.807) is 4.90 Å². The maximum Gasteiger partial charge on any atom is 0.257 e. The Morgan fingerprint density at radius 1 is 1.57 bits per heavy atom. The van der Waals surface area contributed by atoms with Gasteiger partial charge in [-0.2, -0.15) is 0 Å². The van der Waals surface area contributed by atoms with Gasteiger partial charge in [-0.15, -0.1) is 0 Å². The van der Waals surface area contributed by atoms with Gasteiger partial charge in [0, 0.05) is 13.1 Å². The van der Waals surface area contributed by atoms with Crippen molar-refractivity contribution in [3.05, 3.63) is 28.8 Å². The van der Waals surface area contributed by atoms with Crippen molar-refractivity contribution in [2.75, 3.05) is 13.1 Å². The van der Waals surface area contributed by atoms with Crippen molar-refractivity contribution in [2.45, 2.75) is 6.42 Å². The third-order valence-electron chi connectivity index (χ3n) is 2.18. The molecule has 1 aliphatic rings. The van der Waals surface area contributed by atoms with E-state index in [9.17, 15) is 9.18 Å². The lowest BCUT2D eigenvalue weighted by atomic mass is 10.1. The van der Waals surface area contributed by atoms with E-state index in [4.69, 9.17) is 11.6 Å². The standard InChI is InChI=1S/C9H8ClFN2O/c10-8-7(4-6(11)5-12-8)9(14)13-2-1-3-13/h4-5H,1-3H2. The predicted molar refractivity (Wildman–Crippen MR) is 49.7 cm³/mol. The second-order valence-electron chi connectivity index (χ2n) is 3.14. The van der Waals surface area contributed by atoms with E-state index in [1.807, 2.05) is 0 Å². The van der Waals surface area contributed by atoms with Crippen LogP contribution in [-0.4, -0.2) is 28.9 Å². The van der Waals surface area contributed by atoms with Crippen molar-refractivity contribution >= 4 is 17.5 Å². The summed E-state index contributed by atoms with van der Waals surface area (Å²) in [7, 11) is 0. The zero-order valence-electron chi connectivity index (χ0n) is 7.33. The molecule has 0 saturated carbocycles. The molecule has 5 heteroatoms. The number of nitrogens with zero attached hydrogens (tertiary/aromatic N) is 2. The molecule has 0 spiro atoms. The third-order valence-corrected chi connectivity index (χ3v) is 2.48. The summed E-state index contributed by atoms with van der Waals surface area (Å²) in [6.07, 6.45) is 1.99. The van der Waals surface area contributed by atoms with Gasteiger partial charge in [-0.25, -0.2) is 9.37 Å². The summed E-state index contributed by atoms with van der Waals surface area (Å²) in [4.78, 5) is 16.8. The van der Waals surface area contributed by atoms with Gasteiger partial charge in [-0.1, -0.05) is 11.6 Å². The molecule has 1 aliphatic heterocycles. The van der Waals surface area contributed by atoms with Gasteiger partial charge in [-0.3, -0.25) is 4.79 Å². The second kappa shape index (κ2) is 3.53. The average Bonchev–Trinajstić information content (AvgIpc) is 2.06. The molecule has 3 nitrogen and oxygen atoms in total. The largest absolute Gasteiger partial charge is 0.338 e. The minimum absolute atomic E-state index is 0.0586. The second-order valence-corrected chi connectivity index (χ2v) is 3.50. The monoisotopic (exact) mass is 214 g/mol. The van der Waals surface area contributed by atoms with Gasteiger partial charge in [0.25, 0.3) is 5.91 Å². The molecule has 1 amide bonds. The van der Waals surface area contributed by atoms with E-state index < -0.39 is 5.82 Å². The average molecular weight is 215 g/mol. The van der Waals surface area contributed by atoms with Crippen molar-refractivity contribution in [2.24, 2.45) is 0 Å². The molecule has 0 atom stereocenters. The van der Waals surface area contributed by atoms with Crippen LogP contribution in [0.2, 0.25) is 5.15 Å². The van der Waals surface area contributed by atoms with E-state index >= 15 is 0 Å². The van der Waals surface area contributed by atoms with Gasteiger partial charge in [-0.05, 0) is 12.5 Å². The first-order valence-electron chi connectivity index (χ1n) is 4.29. The molecule has 1 aromatic rings. The molecule has 14 heavy (non-hydrogen) atoms. The summed E-state index contributed by atoms with van der Waals surface area (Å²) in [5, 5.41) is 0.0586. The predicted octanol–water partition coefficient (Wildman–Crippen LogP) is 1.72. The van der Waals surface area contributed by atoms with Gasteiger partial charge in [0.2, 0.25) is 0 Å². The van der Waals surface area contributed by atoms with Crippen LogP contribution < -0.4 is 0 Å². The number of aromatic nitrogens is 1. The molecule has 0 aliphatic carbocycles. The fourth-order valence-electron chi connectivity index (χ4n) is 1.26. The van der Waals surface area contributed by atoms with Crippen LogP contribution in [0.5, 0.6) is 0 Å². The number of carbonyl (C=O) groups is 1. The van der Waals surface area contributed by atoms with Gasteiger partial charge < -0.3 is 4.90 Å². The van der Waals surface area contributed by atoms with E-state index in [2.05, 4.69) is 4.98 Å². The number of carbonyl (C=O) groups excluding carboxylic acids is 1. The topological polar surface area (TPSA) is 33.2 Å². The SMILES string of the molecule is O=C(c1cc(F)cnc1Cl)N1CCC1. The highest BCUT2D eigenvalue weighted by molar-refractivity contribution is 6.32. The maximum atomic E-state index is 12.8. The van der Waals surface area contributed by atoms with Crippen molar-refractivity contribution in [1.29, 1.82) is 0 Å². The molecule has 0 bridgehead atoms. The lowest BCUT2D eigenvalue weighted by Crippen LogP contribution is -2.42. The van der Waals surface area contributed by atoms with E-state index in [1.165, 1.54) is 0 Å². The highest BCUT2D eigenvalue weighted by Gasteiger charge is 2.24. The van der Waals surface area contributed by atoms with Crippen LogP contribution in [0.25, 0.3) is 0 Å². The smallest absolute Gasteiger partial charge is 0.257 e. The summed E-state index contributed by atoms with van der Waals surface area (Å²) in [5.74, 6) is -0.786. The van der Waals surface area contributed by atoms with Crippen LogP contribution in [0.4, 0.5) is 4.39 Å². The summed E-state index contributed by atoms with van der Waals surface area (Å²) in [6, 6.07) is 1.12. The number of hydrogen-bond acceptors (Lipinski definition) is 2. The van der Waals surface area contributed by atoms with E-state index in [0.29, 0.717) is 13.1 Å². The Morgan fingerprint density at radius 2 is 2.29 bits per heavy atom. The van der Waals surface area contributed by atoms with Crippen LogP contribution in [0.1, 0.15) is 16.8 Å². The van der Waals surface area contributed by atoms with Gasteiger partial charge in [0.15, 0.2) is 0 Å². The molecule has 2 heterocycles. The van der Waals surface area contributed by atoms with Crippen LogP contribution in [0.3, 0.4) is 0 Å². The van der Waals surface area contributed by atoms with Gasteiger partial charge in [0.05, 0.1) is 11.8 Å². The number of likely N-dealkylation sites (tertiary alicyclic amines) is 1. The Labute approximate surface area is 85.5 Å². The highest BCUT2D eigenvalue weighted by Crippen LogP contribution is 2.18. The molecule has 0 unspecified atom stereocenters. The lowest BCUT2D eigenvalue weighted by Gasteiger charge is -2.30. The summed E-state index contributed by atoms with van der Waals surface area (Å²) in [5.41, 5.74) is 0.145. The summed E-state index contributed by atoms with van der Waals surface area (Å²) < 4.78 is 12.8. The van der Waals surface area contributed by atoms with Crippen molar-refractivity contribution in [3.63, 3.8) is 0 Å². The fraction of sp³-hybridized carbons (Fsp3) is 0.333. The molecule has 1 fully saturated rings. The minimum atomic E-state index is -0.543. The van der Waals surface area contributed by atoms with Crippen LogP contribution >= 0.6 is 11.6 Å². The zero-order chi connectivity index (χ0) is 10.1. The van der Waals surface area contributed by atoms with Crippen LogP contribution in [-0.2, 0) is 0 Å². The molecule has 1 aromatic heterocycles. The van der Waals surface area contributed by atoms with Gasteiger partial charge >= 0.3 is 0 Å². The number of hydrogen-bond donors (Lipinski definition) is 0. The summed E-state index contributed by atoms with van der Waals surface area (Å²) in [6.45, 7) is 1.43. The van der Waals surface area contributed by atoms with E-state index in [-0.39, 0.29) is 16.6 Å². The molecular weight excluding hydrogens is 207 g/mol.